The number of carbonyl (C=O) groups excluding carboxylic acids is 2. The Labute approximate surface area is 180 Å². The zero-order valence-electron chi connectivity index (χ0n) is 16.3. The highest BCUT2D eigenvalue weighted by atomic mass is 32.2. The van der Waals surface area contributed by atoms with Crippen molar-refractivity contribution in [2.24, 2.45) is 0 Å². The molecule has 2 aromatic carbocycles. The van der Waals surface area contributed by atoms with Crippen molar-refractivity contribution >= 4 is 35.0 Å². The summed E-state index contributed by atoms with van der Waals surface area (Å²) in [7, 11) is 0. The van der Waals surface area contributed by atoms with Gasteiger partial charge < -0.3 is 16.0 Å². The summed E-state index contributed by atoms with van der Waals surface area (Å²) in [6, 6.07) is 10.9. The van der Waals surface area contributed by atoms with Gasteiger partial charge in [0.1, 0.15) is 12.4 Å². The van der Waals surface area contributed by atoms with Crippen molar-refractivity contribution in [1.29, 1.82) is 5.26 Å². The number of carbonyl (C=O) groups is 2. The van der Waals surface area contributed by atoms with Crippen molar-refractivity contribution in [3.63, 3.8) is 0 Å². The first-order valence-corrected chi connectivity index (χ1v) is 9.87. The molecule has 0 spiro atoms. The number of benzene rings is 2. The first-order chi connectivity index (χ1) is 14.6. The topological polar surface area (TPSA) is 94.0 Å². The summed E-state index contributed by atoms with van der Waals surface area (Å²) in [4.78, 5) is 24.9. The summed E-state index contributed by atoms with van der Waals surface area (Å²) in [6.07, 6.45) is -4.60. The summed E-state index contributed by atoms with van der Waals surface area (Å²) in [5.74, 6) is -2.17. The van der Waals surface area contributed by atoms with Crippen LogP contribution in [0.2, 0.25) is 0 Å². The third-order valence-corrected chi connectivity index (χ3v) is 4.89. The monoisotopic (exact) mass is 454 g/mol. The molecule has 3 N–H and O–H groups in total. The number of para-hydroxylation sites is 1. The van der Waals surface area contributed by atoms with E-state index in [1.807, 2.05) is 6.07 Å². The summed E-state index contributed by atoms with van der Waals surface area (Å²) >= 11 is 1.25. The Bertz CT molecular complexity index is 1010. The van der Waals surface area contributed by atoms with Crippen LogP contribution in [0.3, 0.4) is 0 Å². The largest absolute Gasteiger partial charge is 0.405 e. The van der Waals surface area contributed by atoms with Crippen LogP contribution in [0.25, 0.3) is 0 Å². The number of hydrogen-bond donors (Lipinski definition) is 3. The van der Waals surface area contributed by atoms with E-state index in [2.05, 4.69) is 10.6 Å². The normalized spacial score (nSPS) is 10.8. The third-order valence-electron chi connectivity index (χ3n) is 3.95. The second-order valence-electron chi connectivity index (χ2n) is 6.27. The average molecular weight is 454 g/mol. The van der Waals surface area contributed by atoms with E-state index >= 15 is 0 Å². The van der Waals surface area contributed by atoms with E-state index in [1.165, 1.54) is 24.8 Å². The van der Waals surface area contributed by atoms with Crippen LogP contribution in [0.4, 0.5) is 28.9 Å². The number of hydrogen-bond acceptors (Lipinski definition) is 5. The summed E-state index contributed by atoms with van der Waals surface area (Å²) < 4.78 is 51.0. The van der Waals surface area contributed by atoms with Crippen LogP contribution in [0.15, 0.2) is 41.3 Å². The molecule has 0 aliphatic carbocycles. The third kappa shape index (κ3) is 7.49. The van der Waals surface area contributed by atoms with Crippen LogP contribution in [0, 0.1) is 24.1 Å². The number of anilines is 2. The molecule has 0 saturated carbocycles. The zero-order chi connectivity index (χ0) is 23.0. The maximum atomic E-state index is 14.1. The van der Waals surface area contributed by atoms with Crippen molar-refractivity contribution in [1.82, 2.24) is 5.32 Å². The molecule has 2 amide bonds. The molecule has 6 nitrogen and oxygen atoms in total. The standard InChI is InChI=1S/C20H18F4N4O2S/c1-12-14(21)8-13(19(30)27-11-20(22,23)24)9-16(12)26-10-18(29)28-15-4-2-3-5-17(15)31-7-6-25/h2-5,8-9,26H,7,10-11H2,1H3,(H,27,30)(H,28,29). The number of alkyl halides is 3. The van der Waals surface area contributed by atoms with Crippen molar-refractivity contribution in [2.45, 2.75) is 18.0 Å². The minimum Gasteiger partial charge on any atom is -0.376 e. The van der Waals surface area contributed by atoms with Crippen molar-refractivity contribution in [3.05, 3.63) is 53.3 Å². The number of amides is 2. The molecule has 0 bridgehead atoms. The molecular formula is C20H18F4N4O2S. The van der Waals surface area contributed by atoms with E-state index in [0.29, 0.717) is 10.6 Å². The van der Waals surface area contributed by atoms with Gasteiger partial charge in [-0.25, -0.2) is 4.39 Å². The van der Waals surface area contributed by atoms with E-state index in [4.69, 9.17) is 5.26 Å². The SMILES string of the molecule is Cc1c(F)cc(C(=O)NCC(F)(F)F)cc1NCC(=O)Nc1ccccc1SCC#N. The Morgan fingerprint density at radius 1 is 1.16 bits per heavy atom. The number of nitrogens with one attached hydrogen (secondary N) is 3. The van der Waals surface area contributed by atoms with Gasteiger partial charge in [0.25, 0.3) is 5.91 Å². The van der Waals surface area contributed by atoms with Crippen LogP contribution in [0.1, 0.15) is 15.9 Å². The summed E-state index contributed by atoms with van der Waals surface area (Å²) in [6.45, 7) is -0.429. The Hall–Kier alpha value is -3.26. The smallest absolute Gasteiger partial charge is 0.376 e. The van der Waals surface area contributed by atoms with Gasteiger partial charge in [-0.2, -0.15) is 18.4 Å². The van der Waals surface area contributed by atoms with E-state index in [9.17, 15) is 27.2 Å². The Morgan fingerprint density at radius 2 is 1.87 bits per heavy atom. The van der Waals surface area contributed by atoms with E-state index in [1.54, 1.807) is 29.6 Å². The number of rotatable bonds is 8. The predicted molar refractivity (Wildman–Crippen MR) is 109 cm³/mol. The molecule has 0 heterocycles. The Balaban J connectivity index is 2.06. The lowest BCUT2D eigenvalue weighted by Gasteiger charge is -2.14. The lowest BCUT2D eigenvalue weighted by molar-refractivity contribution is -0.123. The minimum absolute atomic E-state index is 0.0967. The van der Waals surface area contributed by atoms with Crippen LogP contribution in [-0.4, -0.2) is 36.8 Å². The fourth-order valence-corrected chi connectivity index (χ4v) is 3.12. The number of nitrogens with zero attached hydrogens (tertiary/aromatic N) is 1. The lowest BCUT2D eigenvalue weighted by atomic mass is 10.1. The predicted octanol–water partition coefficient (Wildman–Crippen LogP) is 4.09. The fourth-order valence-electron chi connectivity index (χ4n) is 2.45. The van der Waals surface area contributed by atoms with Crippen molar-refractivity contribution in [3.8, 4) is 6.07 Å². The lowest BCUT2D eigenvalue weighted by Crippen LogP contribution is -2.33. The average Bonchev–Trinajstić information content (AvgIpc) is 2.71. The second-order valence-corrected chi connectivity index (χ2v) is 7.29. The molecule has 0 saturated heterocycles. The van der Waals surface area contributed by atoms with Gasteiger partial charge in [0, 0.05) is 21.7 Å². The van der Waals surface area contributed by atoms with Gasteiger partial charge in [0.05, 0.1) is 24.1 Å². The van der Waals surface area contributed by atoms with Gasteiger partial charge in [-0.15, -0.1) is 11.8 Å². The van der Waals surface area contributed by atoms with Crippen LogP contribution < -0.4 is 16.0 Å². The first-order valence-electron chi connectivity index (χ1n) is 8.88. The zero-order valence-corrected chi connectivity index (χ0v) is 17.1. The Kier molecular flexibility index (Phi) is 8.27. The van der Waals surface area contributed by atoms with Gasteiger partial charge in [0.15, 0.2) is 0 Å². The highest BCUT2D eigenvalue weighted by molar-refractivity contribution is 7.99. The molecule has 0 fully saturated rings. The van der Waals surface area contributed by atoms with E-state index < -0.39 is 30.4 Å². The van der Waals surface area contributed by atoms with Crippen LogP contribution >= 0.6 is 11.8 Å². The fraction of sp³-hybridized carbons (Fsp3) is 0.250. The van der Waals surface area contributed by atoms with Gasteiger partial charge >= 0.3 is 6.18 Å². The highest BCUT2D eigenvalue weighted by Gasteiger charge is 2.28. The van der Waals surface area contributed by atoms with Crippen LogP contribution in [-0.2, 0) is 4.79 Å². The summed E-state index contributed by atoms with van der Waals surface area (Å²) in [5.41, 5.74) is 0.385. The number of nitriles is 1. The van der Waals surface area contributed by atoms with E-state index in [-0.39, 0.29) is 29.1 Å². The molecule has 2 aromatic rings. The molecule has 11 heteroatoms. The van der Waals surface area contributed by atoms with Crippen LogP contribution in [0.5, 0.6) is 0 Å². The minimum atomic E-state index is -4.60. The van der Waals surface area contributed by atoms with Crippen molar-refractivity contribution < 1.29 is 27.2 Å². The first kappa shape index (κ1) is 24.0. The maximum Gasteiger partial charge on any atom is 0.405 e. The second kappa shape index (κ2) is 10.7. The molecule has 0 aromatic heterocycles. The summed E-state index contributed by atoms with van der Waals surface area (Å²) in [5, 5.41) is 15.7. The molecule has 0 aliphatic rings. The van der Waals surface area contributed by atoms with Crippen molar-refractivity contribution in [2.75, 3.05) is 29.5 Å². The van der Waals surface area contributed by atoms with Gasteiger partial charge in [-0.3, -0.25) is 9.59 Å². The van der Waals surface area contributed by atoms with Gasteiger partial charge in [-0.1, -0.05) is 12.1 Å². The molecule has 0 atom stereocenters. The molecule has 164 valence electrons. The molecule has 0 radical (unpaired) electrons. The molecule has 31 heavy (non-hydrogen) atoms. The van der Waals surface area contributed by atoms with Gasteiger partial charge in [0.2, 0.25) is 5.91 Å². The number of thioether (sulfide) groups is 1. The quantitative estimate of drug-likeness (QED) is 0.413. The maximum absolute atomic E-state index is 14.1. The van der Waals surface area contributed by atoms with Gasteiger partial charge in [-0.05, 0) is 31.2 Å². The Morgan fingerprint density at radius 3 is 2.55 bits per heavy atom. The highest BCUT2D eigenvalue weighted by Crippen LogP contribution is 2.26. The molecule has 0 unspecified atom stereocenters. The molecular weight excluding hydrogens is 436 g/mol. The molecule has 2 rings (SSSR count). The number of halogens is 4. The van der Waals surface area contributed by atoms with E-state index in [0.717, 1.165) is 6.07 Å². The molecule has 0 aliphatic heterocycles.